The van der Waals surface area contributed by atoms with Crippen LogP contribution in [0.4, 0.5) is 0 Å². The van der Waals surface area contributed by atoms with Crippen LogP contribution in [0, 0.1) is 5.41 Å². The Balaban J connectivity index is 1.92. The molecule has 0 radical (unpaired) electrons. The summed E-state index contributed by atoms with van der Waals surface area (Å²) < 4.78 is 10.8. The third-order valence-corrected chi connectivity index (χ3v) is 5.89. The van der Waals surface area contributed by atoms with Crippen LogP contribution >= 0.6 is 0 Å². The summed E-state index contributed by atoms with van der Waals surface area (Å²) in [5, 5.41) is 0. The van der Waals surface area contributed by atoms with E-state index < -0.39 is 11.5 Å². The smallest absolute Gasteiger partial charge is 0.224 e. The second-order valence-electron chi connectivity index (χ2n) is 6.99. The maximum atomic E-state index is 12.9. The van der Waals surface area contributed by atoms with Gasteiger partial charge in [-0.15, -0.1) is 0 Å². The topological polar surface area (TPSA) is 72.9 Å². The third kappa shape index (κ3) is 2.06. The molecule has 25 heavy (non-hydrogen) atoms. The molecule has 6 nitrogen and oxygen atoms in total. The number of amides is 1. The second kappa shape index (κ2) is 5.58. The summed E-state index contributed by atoms with van der Waals surface area (Å²) >= 11 is 0. The molecule has 132 valence electrons. The van der Waals surface area contributed by atoms with E-state index in [2.05, 4.69) is 0 Å². The number of Topliss-reactive ketones (excluding diaryl/α,β-unsaturated/α-hetero) is 2. The van der Waals surface area contributed by atoms with Gasteiger partial charge < -0.3 is 14.4 Å². The molecule has 6 heteroatoms. The Morgan fingerprint density at radius 2 is 1.64 bits per heavy atom. The molecule has 1 aromatic carbocycles. The van der Waals surface area contributed by atoms with E-state index in [9.17, 15) is 14.4 Å². The van der Waals surface area contributed by atoms with E-state index in [1.54, 1.807) is 19.1 Å². The maximum absolute atomic E-state index is 12.9. The predicted octanol–water partition coefficient (Wildman–Crippen LogP) is 1.84. The van der Waals surface area contributed by atoms with Crippen LogP contribution < -0.4 is 9.47 Å². The first-order valence-electron chi connectivity index (χ1n) is 8.63. The molecule has 1 aliphatic carbocycles. The van der Waals surface area contributed by atoms with Crippen LogP contribution in [0.5, 0.6) is 11.5 Å². The molecule has 0 aromatic heterocycles. The molecule has 1 saturated heterocycles. The summed E-state index contributed by atoms with van der Waals surface area (Å²) in [6, 6.07) is 3.23. The zero-order valence-electron chi connectivity index (χ0n) is 14.5. The van der Waals surface area contributed by atoms with Crippen LogP contribution in [-0.2, 0) is 20.8 Å². The molecule has 4 rings (SSSR count). The SMILES string of the molecule is COc1cc2c(cc1OC)C1N(CC2)C(=O)CC12C(=O)CCCC2=O. The fourth-order valence-corrected chi connectivity index (χ4v) is 4.70. The Hall–Kier alpha value is -2.37. The molecule has 0 bridgehead atoms. The molecule has 0 N–H and O–H groups in total. The van der Waals surface area contributed by atoms with Crippen molar-refractivity contribution in [1.82, 2.24) is 4.90 Å². The summed E-state index contributed by atoms with van der Waals surface area (Å²) in [7, 11) is 3.13. The van der Waals surface area contributed by atoms with Crippen LogP contribution in [0.15, 0.2) is 12.1 Å². The van der Waals surface area contributed by atoms with Crippen molar-refractivity contribution in [3.63, 3.8) is 0 Å². The molecule has 1 amide bonds. The lowest BCUT2D eigenvalue weighted by atomic mass is 9.64. The number of hydrogen-bond acceptors (Lipinski definition) is 5. The standard InChI is InChI=1S/C19H21NO5/c1-24-13-8-11-6-7-20-17(23)10-19(15(21)4-3-5-16(19)22)18(20)12(11)9-14(13)25-2/h8-9,18H,3-7,10H2,1-2H3. The zero-order valence-corrected chi connectivity index (χ0v) is 14.5. The Bertz CT molecular complexity index is 768. The van der Waals surface area contributed by atoms with Crippen molar-refractivity contribution in [2.24, 2.45) is 5.41 Å². The van der Waals surface area contributed by atoms with Crippen molar-refractivity contribution >= 4 is 17.5 Å². The summed E-state index contributed by atoms with van der Waals surface area (Å²) in [5.74, 6) is 0.885. The summed E-state index contributed by atoms with van der Waals surface area (Å²) in [6.45, 7) is 0.522. The van der Waals surface area contributed by atoms with Gasteiger partial charge in [-0.05, 0) is 36.1 Å². The minimum atomic E-state index is -1.22. The Morgan fingerprint density at radius 3 is 2.28 bits per heavy atom. The summed E-state index contributed by atoms with van der Waals surface area (Å²) in [6.07, 6.45) is 2.00. The second-order valence-corrected chi connectivity index (χ2v) is 6.99. The quantitative estimate of drug-likeness (QED) is 0.766. The lowest BCUT2D eigenvalue weighted by Gasteiger charge is -2.41. The fraction of sp³-hybridized carbons (Fsp3) is 0.526. The van der Waals surface area contributed by atoms with Crippen LogP contribution in [-0.4, -0.2) is 43.1 Å². The first kappa shape index (κ1) is 16.1. The van der Waals surface area contributed by atoms with E-state index in [0.717, 1.165) is 11.1 Å². The minimum absolute atomic E-state index is 0.00309. The number of methoxy groups -OCH3 is 2. The van der Waals surface area contributed by atoms with Crippen molar-refractivity contribution in [2.45, 2.75) is 38.1 Å². The normalized spacial score (nSPS) is 24.3. The van der Waals surface area contributed by atoms with Gasteiger partial charge in [0.2, 0.25) is 5.91 Å². The van der Waals surface area contributed by atoms with E-state index in [4.69, 9.17) is 9.47 Å². The molecule has 1 spiro atoms. The number of carbonyl (C=O) groups is 3. The number of ketones is 2. The third-order valence-electron chi connectivity index (χ3n) is 5.89. The van der Waals surface area contributed by atoms with Gasteiger partial charge in [-0.1, -0.05) is 0 Å². The highest BCUT2D eigenvalue weighted by Gasteiger charge is 2.62. The number of fused-ring (bicyclic) bond motifs is 4. The Morgan fingerprint density at radius 1 is 1.00 bits per heavy atom. The number of rotatable bonds is 2. The van der Waals surface area contributed by atoms with Gasteiger partial charge in [0.15, 0.2) is 11.5 Å². The largest absolute Gasteiger partial charge is 0.493 e. The molecule has 1 aromatic rings. The molecule has 2 heterocycles. The van der Waals surface area contributed by atoms with Gasteiger partial charge in [0.05, 0.1) is 20.3 Å². The number of ether oxygens (including phenoxy) is 2. The number of carbonyl (C=O) groups excluding carboxylic acids is 3. The number of benzene rings is 1. The average Bonchev–Trinajstić information content (AvgIpc) is 2.93. The predicted molar refractivity (Wildman–Crippen MR) is 88.6 cm³/mol. The summed E-state index contributed by atoms with van der Waals surface area (Å²) in [5.41, 5.74) is 0.641. The molecule has 2 aliphatic heterocycles. The van der Waals surface area contributed by atoms with E-state index in [1.807, 2.05) is 12.1 Å². The zero-order chi connectivity index (χ0) is 17.8. The molecule has 3 aliphatic rings. The van der Waals surface area contributed by atoms with E-state index in [0.29, 0.717) is 43.7 Å². The highest BCUT2D eigenvalue weighted by molar-refractivity contribution is 6.14. The monoisotopic (exact) mass is 343 g/mol. The Labute approximate surface area is 146 Å². The van der Waals surface area contributed by atoms with Crippen LogP contribution in [0.2, 0.25) is 0 Å². The van der Waals surface area contributed by atoms with Gasteiger partial charge in [0.1, 0.15) is 17.0 Å². The molecular weight excluding hydrogens is 322 g/mol. The molecular formula is C19H21NO5. The first-order valence-corrected chi connectivity index (χ1v) is 8.63. The average molecular weight is 343 g/mol. The van der Waals surface area contributed by atoms with Gasteiger partial charge in [-0.3, -0.25) is 14.4 Å². The first-order chi connectivity index (χ1) is 12.0. The molecule has 1 unspecified atom stereocenters. The lowest BCUT2D eigenvalue weighted by molar-refractivity contribution is -0.146. The minimum Gasteiger partial charge on any atom is -0.493 e. The fourth-order valence-electron chi connectivity index (χ4n) is 4.70. The van der Waals surface area contributed by atoms with Gasteiger partial charge in [-0.25, -0.2) is 0 Å². The molecule has 1 atom stereocenters. The number of hydrogen-bond donors (Lipinski definition) is 0. The Kier molecular flexibility index (Phi) is 3.60. The highest BCUT2D eigenvalue weighted by Crippen LogP contribution is 2.55. The van der Waals surface area contributed by atoms with Crippen LogP contribution in [0.25, 0.3) is 0 Å². The summed E-state index contributed by atoms with van der Waals surface area (Å²) in [4.78, 5) is 40.1. The molecule has 1 saturated carbocycles. The van der Waals surface area contributed by atoms with E-state index >= 15 is 0 Å². The van der Waals surface area contributed by atoms with Gasteiger partial charge in [-0.2, -0.15) is 0 Å². The van der Waals surface area contributed by atoms with Crippen molar-refractivity contribution in [3.8, 4) is 11.5 Å². The van der Waals surface area contributed by atoms with Gasteiger partial charge in [0.25, 0.3) is 0 Å². The number of nitrogens with zero attached hydrogens (tertiary/aromatic N) is 1. The van der Waals surface area contributed by atoms with Crippen LogP contribution in [0.3, 0.4) is 0 Å². The molecule has 2 fully saturated rings. The van der Waals surface area contributed by atoms with E-state index in [1.165, 1.54) is 0 Å². The van der Waals surface area contributed by atoms with Crippen molar-refractivity contribution in [2.75, 3.05) is 20.8 Å². The lowest BCUT2D eigenvalue weighted by Crippen LogP contribution is -2.48. The van der Waals surface area contributed by atoms with E-state index in [-0.39, 0.29) is 23.9 Å². The van der Waals surface area contributed by atoms with Crippen molar-refractivity contribution in [3.05, 3.63) is 23.3 Å². The maximum Gasteiger partial charge on any atom is 0.224 e. The van der Waals surface area contributed by atoms with Crippen molar-refractivity contribution < 1.29 is 23.9 Å². The van der Waals surface area contributed by atoms with Gasteiger partial charge >= 0.3 is 0 Å². The van der Waals surface area contributed by atoms with Crippen LogP contribution in [0.1, 0.15) is 42.9 Å². The van der Waals surface area contributed by atoms with Gasteiger partial charge in [0, 0.05) is 25.8 Å². The highest BCUT2D eigenvalue weighted by atomic mass is 16.5. The van der Waals surface area contributed by atoms with Crippen molar-refractivity contribution in [1.29, 1.82) is 0 Å².